The summed E-state index contributed by atoms with van der Waals surface area (Å²) < 4.78 is 21.0. The summed E-state index contributed by atoms with van der Waals surface area (Å²) in [5, 5.41) is 20.5. The van der Waals surface area contributed by atoms with E-state index >= 15 is 0 Å². The number of Topliss-reactive ketones (excluding diaryl/α,β-unsaturated/α-hetero) is 1. The third kappa shape index (κ3) is 5.27. The normalized spacial score (nSPS) is 9.48. The van der Waals surface area contributed by atoms with Gasteiger partial charge in [-0.2, -0.15) is 0 Å². The van der Waals surface area contributed by atoms with Gasteiger partial charge in [0.15, 0.2) is 11.5 Å². The van der Waals surface area contributed by atoms with Crippen LogP contribution in [0, 0.1) is 17.8 Å². The second-order valence-corrected chi connectivity index (χ2v) is 5.66. The molecule has 8 heteroatoms. The van der Waals surface area contributed by atoms with Crippen molar-refractivity contribution in [3.8, 4) is 35.3 Å². The molecular formula is C23H28N2O6. The minimum absolute atomic E-state index is 0.164. The van der Waals surface area contributed by atoms with Crippen molar-refractivity contribution in [2.24, 2.45) is 0 Å². The maximum Gasteiger partial charge on any atom is 0.211 e. The molecule has 0 fully saturated rings. The Labute approximate surface area is 182 Å². The van der Waals surface area contributed by atoms with Crippen LogP contribution in [0.1, 0.15) is 35.3 Å². The number of methoxy groups -OCH3 is 4. The predicted octanol–water partition coefficient (Wildman–Crippen LogP) is 3.34. The summed E-state index contributed by atoms with van der Waals surface area (Å²) in [6.07, 6.45) is 5.57. The van der Waals surface area contributed by atoms with Gasteiger partial charge in [0.2, 0.25) is 11.5 Å². The lowest BCUT2D eigenvalue weighted by Gasteiger charge is -2.17. The van der Waals surface area contributed by atoms with Gasteiger partial charge in [0.1, 0.15) is 18.2 Å². The van der Waals surface area contributed by atoms with Crippen LogP contribution in [0.25, 0.3) is 0 Å². The van der Waals surface area contributed by atoms with Crippen molar-refractivity contribution in [2.45, 2.75) is 13.8 Å². The molecule has 0 unspecified atom stereocenters. The molecule has 2 aromatic carbocycles. The third-order valence-electron chi connectivity index (χ3n) is 4.21. The number of hydrogen-bond acceptors (Lipinski definition) is 8. The minimum atomic E-state index is -0.599. The molecule has 3 N–H and O–H groups in total. The molecule has 0 aromatic heterocycles. The first-order valence-corrected chi connectivity index (χ1v) is 9.43. The summed E-state index contributed by atoms with van der Waals surface area (Å²) in [5.74, 6) is 3.15. The Bertz CT molecular complexity index is 954. The molecule has 0 saturated heterocycles. The van der Waals surface area contributed by atoms with E-state index in [0.717, 1.165) is 0 Å². The zero-order chi connectivity index (χ0) is 23.6. The van der Waals surface area contributed by atoms with Crippen LogP contribution in [0.2, 0.25) is 0 Å². The maximum atomic E-state index is 13.0. The lowest BCUT2D eigenvalue weighted by Crippen LogP contribution is -2.18. The van der Waals surface area contributed by atoms with Crippen molar-refractivity contribution in [1.82, 2.24) is 0 Å². The van der Waals surface area contributed by atoms with Crippen molar-refractivity contribution < 1.29 is 28.8 Å². The van der Waals surface area contributed by atoms with Crippen molar-refractivity contribution in [3.63, 3.8) is 0 Å². The fraction of sp³-hybridized carbons (Fsp3) is 0.304. The van der Waals surface area contributed by atoms with E-state index in [0.29, 0.717) is 17.1 Å². The van der Waals surface area contributed by atoms with Crippen LogP contribution in [0.5, 0.6) is 23.0 Å². The van der Waals surface area contributed by atoms with E-state index in [1.807, 2.05) is 13.8 Å². The number of carbonyl (C=O) groups is 1. The zero-order valence-corrected chi connectivity index (χ0v) is 18.6. The number of terminal acetylenes is 1. The number of ether oxygens (including phenoxy) is 4. The van der Waals surface area contributed by atoms with Gasteiger partial charge in [-0.25, -0.2) is 0 Å². The fourth-order valence-electron chi connectivity index (χ4n) is 2.85. The lowest BCUT2D eigenvalue weighted by atomic mass is 9.96. The average molecular weight is 428 g/mol. The van der Waals surface area contributed by atoms with E-state index in [1.54, 1.807) is 6.07 Å². The largest absolute Gasteiger partial charge is 0.495 e. The molecule has 2 rings (SSSR count). The number of carbonyl (C=O) groups excluding carboxylic acids is 1. The molecule has 31 heavy (non-hydrogen) atoms. The first-order chi connectivity index (χ1) is 15.0. The second-order valence-electron chi connectivity index (χ2n) is 5.66. The maximum absolute atomic E-state index is 13.0. The molecule has 0 radical (unpaired) electrons. The van der Waals surface area contributed by atoms with E-state index in [4.69, 9.17) is 30.8 Å². The zero-order valence-electron chi connectivity index (χ0n) is 18.6. The highest BCUT2D eigenvalue weighted by atomic mass is 16.5. The number of anilines is 1. The van der Waals surface area contributed by atoms with Gasteiger partial charge in [-0.15, -0.1) is 6.42 Å². The molecule has 0 saturated carbocycles. The predicted molar refractivity (Wildman–Crippen MR) is 120 cm³/mol. The van der Waals surface area contributed by atoms with E-state index < -0.39 is 12.5 Å². The average Bonchev–Trinajstić information content (AvgIpc) is 2.82. The van der Waals surface area contributed by atoms with Crippen molar-refractivity contribution in [3.05, 3.63) is 41.0 Å². The van der Waals surface area contributed by atoms with Crippen LogP contribution in [0.4, 0.5) is 5.69 Å². The van der Waals surface area contributed by atoms with E-state index in [1.165, 1.54) is 46.6 Å². The van der Waals surface area contributed by atoms with Crippen molar-refractivity contribution in [2.75, 3.05) is 40.5 Å². The monoisotopic (exact) mass is 428 g/mol. The fourth-order valence-corrected chi connectivity index (χ4v) is 2.85. The molecule has 0 atom stereocenters. The van der Waals surface area contributed by atoms with E-state index in [-0.39, 0.29) is 34.0 Å². The number of ketones is 1. The molecule has 8 nitrogen and oxygen atoms in total. The van der Waals surface area contributed by atoms with E-state index in [9.17, 15) is 9.90 Å². The number of benzene rings is 2. The van der Waals surface area contributed by atoms with E-state index in [2.05, 4.69) is 11.2 Å². The topological polar surface area (TPSA) is 110 Å². The van der Waals surface area contributed by atoms with Gasteiger partial charge in [-0.05, 0) is 24.3 Å². The van der Waals surface area contributed by atoms with Crippen LogP contribution in [0.15, 0.2) is 24.3 Å². The first kappa shape index (κ1) is 25.3. The number of aliphatic hydroxyl groups excluding tert-OH is 1. The summed E-state index contributed by atoms with van der Waals surface area (Å²) in [7, 11) is 5.77. The van der Waals surface area contributed by atoms with Gasteiger partial charge in [0.25, 0.3) is 0 Å². The lowest BCUT2D eigenvalue weighted by molar-refractivity contribution is 0.106. The highest BCUT2D eigenvalue weighted by Gasteiger charge is 2.24. The van der Waals surface area contributed by atoms with Crippen LogP contribution in [0.3, 0.4) is 0 Å². The van der Waals surface area contributed by atoms with Crippen LogP contribution in [-0.4, -0.2) is 51.8 Å². The van der Waals surface area contributed by atoms with Gasteiger partial charge in [-0.1, -0.05) is 19.8 Å². The molecule has 0 bridgehead atoms. The molecule has 0 heterocycles. The Morgan fingerprint density at radius 1 is 1.03 bits per heavy atom. The Morgan fingerprint density at radius 3 is 2.00 bits per heavy atom. The van der Waals surface area contributed by atoms with Gasteiger partial charge in [-0.3, -0.25) is 10.2 Å². The number of hydrogen-bond donors (Lipinski definition) is 3. The second kappa shape index (κ2) is 12.1. The summed E-state index contributed by atoms with van der Waals surface area (Å²) in [5.41, 5.74) is 0.583. The van der Waals surface area contributed by atoms with Crippen LogP contribution >= 0.6 is 0 Å². The first-order valence-electron chi connectivity index (χ1n) is 9.43. The van der Waals surface area contributed by atoms with Gasteiger partial charge >= 0.3 is 0 Å². The Kier molecular flexibility index (Phi) is 9.89. The van der Waals surface area contributed by atoms with Crippen molar-refractivity contribution >= 4 is 17.2 Å². The molecule has 0 aliphatic rings. The van der Waals surface area contributed by atoms with Crippen LogP contribution in [-0.2, 0) is 0 Å². The third-order valence-corrected chi connectivity index (χ3v) is 4.21. The molecule has 2 aromatic rings. The summed E-state index contributed by atoms with van der Waals surface area (Å²) in [4.78, 5) is 13.0. The van der Waals surface area contributed by atoms with Gasteiger partial charge in [0.05, 0.1) is 39.7 Å². The Hall–Kier alpha value is -3.70. The van der Waals surface area contributed by atoms with Crippen LogP contribution < -0.4 is 24.3 Å². The Morgan fingerprint density at radius 2 is 1.58 bits per heavy atom. The highest BCUT2D eigenvalue weighted by molar-refractivity contribution is 6.51. The molecule has 0 spiro atoms. The smallest absolute Gasteiger partial charge is 0.211 e. The van der Waals surface area contributed by atoms with Gasteiger partial charge < -0.3 is 29.4 Å². The molecule has 0 aliphatic carbocycles. The minimum Gasteiger partial charge on any atom is -0.495 e. The van der Waals surface area contributed by atoms with Gasteiger partial charge in [0, 0.05) is 11.1 Å². The molecule has 166 valence electrons. The standard InChI is InChI=1S/C21H22N2O6.C2H6/c1-6-13-15(26-2)8-7-14(19(13)23-11-24)18(22)20(25)12-9-16(27-3)21(29-5)17(10-12)28-4;1-2/h1,7-10,22-24H,11H2,2-5H3;1-2H3. The molecular weight excluding hydrogens is 400 g/mol. The summed E-state index contributed by atoms with van der Waals surface area (Å²) in [6, 6.07) is 6.01. The SMILES string of the molecule is C#Cc1c(OC)ccc(C(=N)C(=O)c2cc(OC)c(OC)c(OC)c2)c1NCO.CC. The van der Waals surface area contributed by atoms with Crippen molar-refractivity contribution in [1.29, 1.82) is 5.41 Å². The Balaban J connectivity index is 0.00000233. The molecule has 0 aliphatic heterocycles. The number of nitrogens with one attached hydrogen (secondary N) is 2. The quantitative estimate of drug-likeness (QED) is 0.243. The summed E-state index contributed by atoms with van der Waals surface area (Å²) in [6.45, 7) is 3.56. The number of rotatable bonds is 9. The highest BCUT2D eigenvalue weighted by Crippen LogP contribution is 2.39. The summed E-state index contributed by atoms with van der Waals surface area (Å²) >= 11 is 0. The number of aliphatic hydroxyl groups is 1. The molecule has 0 amide bonds.